The van der Waals surface area contributed by atoms with Crippen molar-refractivity contribution in [3.63, 3.8) is 0 Å². The Morgan fingerprint density at radius 3 is 2.76 bits per heavy atom. The van der Waals surface area contributed by atoms with Crippen molar-refractivity contribution in [2.24, 2.45) is 0 Å². The topological polar surface area (TPSA) is 61.0 Å². The molecule has 17 heavy (non-hydrogen) atoms. The van der Waals surface area contributed by atoms with Gasteiger partial charge in [-0.3, -0.25) is 0 Å². The van der Waals surface area contributed by atoms with E-state index >= 15 is 0 Å². The van der Waals surface area contributed by atoms with E-state index in [0.717, 1.165) is 5.56 Å². The molecule has 6 heteroatoms. The van der Waals surface area contributed by atoms with Gasteiger partial charge in [-0.25, -0.2) is 4.98 Å². The molecule has 1 heterocycles. The number of nitrogens with zero attached hydrogens (tertiary/aromatic N) is 2. The minimum absolute atomic E-state index is 0.0671. The van der Waals surface area contributed by atoms with E-state index in [0.29, 0.717) is 16.5 Å². The van der Waals surface area contributed by atoms with Crippen LogP contribution < -0.4 is 10.5 Å². The van der Waals surface area contributed by atoms with Crippen LogP contribution in [0.3, 0.4) is 0 Å². The molecule has 0 unspecified atom stereocenters. The fourth-order valence-corrected chi connectivity index (χ4v) is 1.63. The highest BCUT2D eigenvalue weighted by atomic mass is 35.5. The Balaban J connectivity index is 2.34. The number of hydrogen-bond donors (Lipinski definition) is 1. The maximum atomic E-state index is 6.03. The van der Waals surface area contributed by atoms with Crippen LogP contribution in [-0.4, -0.2) is 9.97 Å². The predicted molar refractivity (Wildman–Crippen MR) is 67.7 cm³/mol. The second kappa shape index (κ2) is 4.77. The van der Waals surface area contributed by atoms with Crippen molar-refractivity contribution in [3.05, 3.63) is 40.3 Å². The van der Waals surface area contributed by atoms with Gasteiger partial charge in [0.25, 0.3) is 0 Å². The number of ether oxygens (including phenoxy) is 1. The number of benzene rings is 1. The van der Waals surface area contributed by atoms with Gasteiger partial charge in [-0.05, 0) is 36.2 Å². The average Bonchev–Trinajstić information content (AvgIpc) is 2.27. The van der Waals surface area contributed by atoms with E-state index in [2.05, 4.69) is 9.97 Å². The molecule has 2 N–H and O–H groups in total. The SMILES string of the molecule is Cc1ccc(Oc2nc(Cl)ncc2N)c(Cl)c1. The molecule has 0 aliphatic carbocycles. The Hall–Kier alpha value is -1.52. The van der Waals surface area contributed by atoms with Gasteiger partial charge in [0.2, 0.25) is 11.2 Å². The minimum Gasteiger partial charge on any atom is -0.435 e. The van der Waals surface area contributed by atoms with E-state index in [4.69, 9.17) is 33.7 Å². The molecule has 0 saturated heterocycles. The molecule has 0 radical (unpaired) electrons. The highest BCUT2D eigenvalue weighted by molar-refractivity contribution is 6.32. The van der Waals surface area contributed by atoms with Crippen molar-refractivity contribution in [1.29, 1.82) is 0 Å². The number of rotatable bonds is 2. The van der Waals surface area contributed by atoms with E-state index in [1.165, 1.54) is 6.20 Å². The molecule has 0 amide bonds. The highest BCUT2D eigenvalue weighted by Gasteiger charge is 2.08. The van der Waals surface area contributed by atoms with Crippen molar-refractivity contribution in [3.8, 4) is 11.6 Å². The van der Waals surface area contributed by atoms with Gasteiger partial charge in [-0.15, -0.1) is 0 Å². The second-order valence-corrected chi connectivity index (χ2v) is 4.18. The van der Waals surface area contributed by atoms with Crippen molar-refractivity contribution in [2.45, 2.75) is 6.92 Å². The number of aromatic nitrogens is 2. The van der Waals surface area contributed by atoms with Crippen LogP contribution in [0, 0.1) is 6.92 Å². The summed E-state index contributed by atoms with van der Waals surface area (Å²) in [6.07, 6.45) is 1.38. The Morgan fingerprint density at radius 2 is 2.06 bits per heavy atom. The summed E-state index contributed by atoms with van der Waals surface area (Å²) in [5.74, 6) is 0.662. The lowest BCUT2D eigenvalue weighted by Gasteiger charge is -2.08. The number of nitrogen functional groups attached to an aromatic ring is 1. The number of anilines is 1. The Labute approximate surface area is 108 Å². The quantitative estimate of drug-likeness (QED) is 0.849. The summed E-state index contributed by atoms with van der Waals surface area (Å²) in [7, 11) is 0. The monoisotopic (exact) mass is 269 g/mol. The minimum atomic E-state index is 0.0671. The molecule has 0 saturated carbocycles. The van der Waals surface area contributed by atoms with Crippen LogP contribution >= 0.6 is 23.2 Å². The van der Waals surface area contributed by atoms with Gasteiger partial charge in [-0.1, -0.05) is 17.7 Å². The first kappa shape index (κ1) is 12.0. The molecule has 0 fully saturated rings. The zero-order valence-corrected chi connectivity index (χ0v) is 10.5. The fourth-order valence-electron chi connectivity index (χ4n) is 1.23. The molecule has 2 aromatic rings. The summed E-state index contributed by atoms with van der Waals surface area (Å²) >= 11 is 11.7. The fraction of sp³-hybridized carbons (Fsp3) is 0.0909. The summed E-state index contributed by atoms with van der Waals surface area (Å²) in [5.41, 5.74) is 7.00. The zero-order chi connectivity index (χ0) is 12.4. The molecule has 1 aromatic heterocycles. The van der Waals surface area contributed by atoms with E-state index in [-0.39, 0.29) is 11.2 Å². The molecule has 0 bridgehead atoms. The average molecular weight is 270 g/mol. The summed E-state index contributed by atoms with van der Waals surface area (Å²) < 4.78 is 5.48. The molecular weight excluding hydrogens is 261 g/mol. The molecule has 4 nitrogen and oxygen atoms in total. The number of aryl methyl sites for hydroxylation is 1. The molecule has 1 aromatic carbocycles. The van der Waals surface area contributed by atoms with Crippen LogP contribution in [-0.2, 0) is 0 Å². The smallest absolute Gasteiger partial charge is 0.247 e. The molecule has 0 aliphatic rings. The maximum Gasteiger partial charge on any atom is 0.247 e. The van der Waals surface area contributed by atoms with Gasteiger partial charge < -0.3 is 10.5 Å². The third-order valence-corrected chi connectivity index (χ3v) is 2.52. The summed E-state index contributed by atoms with van der Waals surface area (Å²) in [4.78, 5) is 7.61. The van der Waals surface area contributed by atoms with Crippen LogP contribution in [0.2, 0.25) is 10.3 Å². The molecule has 2 rings (SSSR count). The first-order valence-corrected chi connectivity index (χ1v) is 5.54. The van der Waals surface area contributed by atoms with E-state index in [1.54, 1.807) is 12.1 Å². The lowest BCUT2D eigenvalue weighted by molar-refractivity contribution is 0.464. The van der Waals surface area contributed by atoms with E-state index < -0.39 is 0 Å². The predicted octanol–water partition coefficient (Wildman–Crippen LogP) is 3.47. The molecule has 88 valence electrons. The van der Waals surface area contributed by atoms with Gasteiger partial charge in [-0.2, -0.15) is 4.98 Å². The summed E-state index contributed by atoms with van der Waals surface area (Å²) in [5, 5.41) is 0.552. The second-order valence-electron chi connectivity index (χ2n) is 3.44. The summed E-state index contributed by atoms with van der Waals surface area (Å²) in [6, 6.07) is 5.41. The first-order chi connectivity index (χ1) is 8.06. The van der Waals surface area contributed by atoms with Crippen molar-refractivity contribution in [2.75, 3.05) is 5.73 Å². The first-order valence-electron chi connectivity index (χ1n) is 4.78. The van der Waals surface area contributed by atoms with Gasteiger partial charge in [0.15, 0.2) is 0 Å². The number of hydrogen-bond acceptors (Lipinski definition) is 4. The molecular formula is C11H9Cl2N3O. The largest absolute Gasteiger partial charge is 0.435 e. The Kier molecular flexibility index (Phi) is 3.36. The standard InChI is InChI=1S/C11H9Cl2N3O/c1-6-2-3-9(7(12)4-6)17-10-8(14)5-15-11(13)16-10/h2-5H,14H2,1H3. The van der Waals surface area contributed by atoms with Crippen molar-refractivity contribution in [1.82, 2.24) is 9.97 Å². The maximum absolute atomic E-state index is 6.03. The third-order valence-electron chi connectivity index (χ3n) is 2.04. The van der Waals surface area contributed by atoms with Gasteiger partial charge in [0.05, 0.1) is 11.2 Å². The Morgan fingerprint density at radius 1 is 1.29 bits per heavy atom. The van der Waals surface area contributed by atoms with Crippen molar-refractivity contribution >= 4 is 28.9 Å². The normalized spacial score (nSPS) is 10.3. The van der Waals surface area contributed by atoms with Crippen LogP contribution in [0.1, 0.15) is 5.56 Å². The molecule has 0 atom stereocenters. The van der Waals surface area contributed by atoms with E-state index in [9.17, 15) is 0 Å². The number of halogens is 2. The van der Waals surface area contributed by atoms with Crippen LogP contribution in [0.5, 0.6) is 11.6 Å². The third kappa shape index (κ3) is 2.78. The highest BCUT2D eigenvalue weighted by Crippen LogP contribution is 2.31. The Bertz CT molecular complexity index is 560. The molecule has 0 spiro atoms. The van der Waals surface area contributed by atoms with Gasteiger partial charge in [0, 0.05) is 0 Å². The van der Waals surface area contributed by atoms with Gasteiger partial charge >= 0.3 is 0 Å². The van der Waals surface area contributed by atoms with Crippen molar-refractivity contribution < 1.29 is 4.74 Å². The summed E-state index contributed by atoms with van der Waals surface area (Å²) in [6.45, 7) is 1.94. The lowest BCUT2D eigenvalue weighted by atomic mass is 10.2. The lowest BCUT2D eigenvalue weighted by Crippen LogP contribution is -1.97. The zero-order valence-electron chi connectivity index (χ0n) is 8.95. The van der Waals surface area contributed by atoms with Crippen LogP contribution in [0.15, 0.2) is 24.4 Å². The molecule has 0 aliphatic heterocycles. The van der Waals surface area contributed by atoms with Crippen LogP contribution in [0.4, 0.5) is 5.69 Å². The number of nitrogens with two attached hydrogens (primary N) is 1. The van der Waals surface area contributed by atoms with Crippen LogP contribution in [0.25, 0.3) is 0 Å². The van der Waals surface area contributed by atoms with Gasteiger partial charge in [0.1, 0.15) is 11.4 Å². The van der Waals surface area contributed by atoms with E-state index in [1.807, 2.05) is 13.0 Å².